The largest absolute Gasteiger partial charge is 0.456 e. The second kappa shape index (κ2) is 10.9. The molecule has 0 radical (unpaired) electrons. The van der Waals surface area contributed by atoms with Gasteiger partial charge in [0.05, 0.1) is 5.52 Å². The average molecular weight is 581 g/mol. The Morgan fingerprint density at radius 2 is 1.68 bits per heavy atom. The standard InChI is InChI=1S/C33H35F3N2O2S/c1-20-16-24-25(32(4,5)13-12-31(24,2)3)18-21(20)17-22-10-11-27(40-22)30(39)37-14-15-41-28-19-29(33(34,35)36)38-26-9-7-6-8-23(26)28/h6-11,16,18-19H,12-15,17H2,1-5H3,(H,37,39). The van der Waals surface area contributed by atoms with Crippen molar-refractivity contribution in [2.45, 2.75) is 75.8 Å². The topological polar surface area (TPSA) is 55.1 Å². The van der Waals surface area contributed by atoms with Crippen LogP contribution in [0, 0.1) is 6.92 Å². The molecular formula is C33H35F3N2O2S. The van der Waals surface area contributed by atoms with Crippen LogP contribution in [0.15, 0.2) is 63.9 Å². The van der Waals surface area contributed by atoms with E-state index in [9.17, 15) is 18.0 Å². The number of hydrogen-bond donors (Lipinski definition) is 1. The molecule has 0 bridgehead atoms. The van der Waals surface area contributed by atoms with Crippen molar-refractivity contribution in [3.63, 3.8) is 0 Å². The molecule has 0 aliphatic heterocycles. The van der Waals surface area contributed by atoms with Crippen molar-refractivity contribution in [3.05, 3.63) is 94.1 Å². The van der Waals surface area contributed by atoms with Gasteiger partial charge in [0.1, 0.15) is 11.5 Å². The van der Waals surface area contributed by atoms with Crippen LogP contribution in [-0.4, -0.2) is 23.2 Å². The van der Waals surface area contributed by atoms with Crippen molar-refractivity contribution < 1.29 is 22.4 Å². The lowest BCUT2D eigenvalue weighted by atomic mass is 9.62. The number of alkyl halides is 3. The number of pyridine rings is 1. The fourth-order valence-corrected chi connectivity index (χ4v) is 6.51. The van der Waals surface area contributed by atoms with Crippen molar-refractivity contribution >= 4 is 28.6 Å². The minimum atomic E-state index is -4.53. The van der Waals surface area contributed by atoms with Crippen LogP contribution in [0.2, 0.25) is 0 Å². The quantitative estimate of drug-likeness (QED) is 0.176. The van der Waals surface area contributed by atoms with Gasteiger partial charge in [-0.05, 0) is 77.1 Å². The number of hydrogen-bond acceptors (Lipinski definition) is 4. The fraction of sp³-hybridized carbons (Fsp3) is 0.394. The Morgan fingerprint density at radius 1 is 1.00 bits per heavy atom. The summed E-state index contributed by atoms with van der Waals surface area (Å²) in [5.74, 6) is 0.974. The van der Waals surface area contributed by atoms with Crippen molar-refractivity contribution in [1.82, 2.24) is 10.3 Å². The van der Waals surface area contributed by atoms with Gasteiger partial charge in [-0.3, -0.25) is 4.79 Å². The van der Waals surface area contributed by atoms with E-state index in [2.05, 4.69) is 57.1 Å². The van der Waals surface area contributed by atoms with Crippen molar-refractivity contribution in [3.8, 4) is 0 Å². The van der Waals surface area contributed by atoms with Gasteiger partial charge in [-0.25, -0.2) is 4.98 Å². The molecule has 0 spiro atoms. The fourth-order valence-electron chi connectivity index (χ4n) is 5.56. The molecule has 2 aromatic heterocycles. The Labute approximate surface area is 243 Å². The number of aromatic nitrogens is 1. The number of nitrogens with one attached hydrogen (secondary N) is 1. The molecule has 0 saturated heterocycles. The molecule has 8 heteroatoms. The van der Waals surface area contributed by atoms with Crippen LogP contribution in [-0.2, 0) is 23.4 Å². The van der Waals surface area contributed by atoms with Gasteiger partial charge in [0, 0.05) is 29.0 Å². The van der Waals surface area contributed by atoms with Gasteiger partial charge in [-0.2, -0.15) is 13.2 Å². The number of amides is 1. The minimum Gasteiger partial charge on any atom is -0.456 e. The number of para-hydroxylation sites is 1. The summed E-state index contributed by atoms with van der Waals surface area (Å²) in [6.07, 6.45) is -1.64. The van der Waals surface area contributed by atoms with Crippen molar-refractivity contribution in [2.24, 2.45) is 0 Å². The van der Waals surface area contributed by atoms with Crippen molar-refractivity contribution in [1.29, 1.82) is 0 Å². The third-order valence-corrected chi connectivity index (χ3v) is 9.23. The highest BCUT2D eigenvalue weighted by molar-refractivity contribution is 7.99. The van der Waals surface area contributed by atoms with E-state index in [-0.39, 0.29) is 29.0 Å². The van der Waals surface area contributed by atoms with E-state index in [4.69, 9.17) is 4.42 Å². The Balaban J connectivity index is 1.23. The Kier molecular flexibility index (Phi) is 7.74. The molecular weight excluding hydrogens is 545 g/mol. The maximum atomic E-state index is 13.3. The lowest BCUT2D eigenvalue weighted by Gasteiger charge is -2.42. The molecule has 2 aromatic carbocycles. The van der Waals surface area contributed by atoms with Crippen LogP contribution in [0.1, 0.15) is 84.8 Å². The lowest BCUT2D eigenvalue weighted by Crippen LogP contribution is -2.34. The Bertz CT molecular complexity index is 1600. The molecule has 0 fully saturated rings. The predicted octanol–water partition coefficient (Wildman–Crippen LogP) is 8.62. The van der Waals surface area contributed by atoms with Crippen molar-refractivity contribution in [2.75, 3.05) is 12.3 Å². The molecule has 4 aromatic rings. The number of carbonyl (C=O) groups is 1. The highest BCUT2D eigenvalue weighted by Gasteiger charge is 2.37. The molecule has 2 heterocycles. The first-order chi connectivity index (χ1) is 19.2. The molecule has 1 amide bonds. The molecule has 1 aliphatic carbocycles. The second-order valence-electron chi connectivity index (χ2n) is 12.2. The predicted molar refractivity (Wildman–Crippen MR) is 158 cm³/mol. The molecule has 4 nitrogen and oxygen atoms in total. The van der Waals surface area contributed by atoms with Gasteiger partial charge >= 0.3 is 6.18 Å². The lowest BCUT2D eigenvalue weighted by molar-refractivity contribution is -0.141. The normalized spacial score (nSPS) is 16.0. The number of fused-ring (bicyclic) bond motifs is 2. The number of aryl methyl sites for hydroxylation is 1. The third kappa shape index (κ3) is 6.17. The molecule has 41 heavy (non-hydrogen) atoms. The molecule has 0 unspecified atom stereocenters. The summed E-state index contributed by atoms with van der Waals surface area (Å²) in [5.41, 5.74) is 4.83. The van der Waals surface area contributed by atoms with Crippen LogP contribution in [0.5, 0.6) is 0 Å². The van der Waals surface area contributed by atoms with E-state index < -0.39 is 11.9 Å². The smallest absolute Gasteiger partial charge is 0.433 e. The Morgan fingerprint density at radius 3 is 2.39 bits per heavy atom. The number of thioether (sulfide) groups is 1. The van der Waals surface area contributed by atoms with Gasteiger partial charge in [0.2, 0.25) is 0 Å². The number of halogens is 3. The maximum Gasteiger partial charge on any atom is 0.433 e. The molecule has 1 aliphatic rings. The van der Waals surface area contributed by atoms with Gasteiger partial charge in [-0.1, -0.05) is 58.0 Å². The second-order valence-corrected chi connectivity index (χ2v) is 13.3. The van der Waals surface area contributed by atoms with E-state index in [1.807, 2.05) is 6.07 Å². The number of rotatable bonds is 7. The number of benzene rings is 2. The van der Waals surface area contributed by atoms with E-state index >= 15 is 0 Å². The van der Waals surface area contributed by atoms with Crippen LogP contribution < -0.4 is 5.32 Å². The number of nitrogens with zero attached hydrogens (tertiary/aromatic N) is 1. The average Bonchev–Trinajstić information content (AvgIpc) is 3.38. The first-order valence-electron chi connectivity index (χ1n) is 13.9. The zero-order chi connectivity index (χ0) is 29.6. The molecule has 0 atom stereocenters. The highest BCUT2D eigenvalue weighted by atomic mass is 32.2. The molecule has 1 N–H and O–H groups in total. The van der Waals surface area contributed by atoms with E-state index in [0.717, 1.165) is 18.9 Å². The summed E-state index contributed by atoms with van der Waals surface area (Å²) < 4.78 is 45.9. The van der Waals surface area contributed by atoms with Gasteiger partial charge in [0.25, 0.3) is 5.91 Å². The summed E-state index contributed by atoms with van der Waals surface area (Å²) in [6.45, 7) is 11.6. The molecule has 0 saturated carbocycles. The highest BCUT2D eigenvalue weighted by Crippen LogP contribution is 2.46. The maximum absolute atomic E-state index is 13.3. The number of carbonyl (C=O) groups excluding carboxylic acids is 1. The van der Waals surface area contributed by atoms with Gasteiger partial charge < -0.3 is 9.73 Å². The molecule has 5 rings (SSSR count). The van der Waals surface area contributed by atoms with Crippen LogP contribution in [0.3, 0.4) is 0 Å². The van der Waals surface area contributed by atoms with Crippen LogP contribution in [0.4, 0.5) is 13.2 Å². The molecule has 216 valence electrons. The van der Waals surface area contributed by atoms with Gasteiger partial charge in [0.15, 0.2) is 5.76 Å². The zero-order valence-electron chi connectivity index (χ0n) is 24.0. The SMILES string of the molecule is Cc1cc2c(cc1Cc1ccc(C(=O)NCCSc3cc(C(F)(F)F)nc4ccccc34)o1)C(C)(C)CCC2(C)C. The number of furan rings is 1. The van der Waals surface area contributed by atoms with E-state index in [1.165, 1.54) is 34.0 Å². The van der Waals surface area contributed by atoms with Crippen LogP contribution >= 0.6 is 11.8 Å². The first-order valence-corrected chi connectivity index (χ1v) is 14.8. The monoisotopic (exact) mass is 580 g/mol. The summed E-state index contributed by atoms with van der Waals surface area (Å²) in [7, 11) is 0. The summed E-state index contributed by atoms with van der Waals surface area (Å²) in [6, 6.07) is 16.0. The van der Waals surface area contributed by atoms with E-state index in [1.54, 1.807) is 30.3 Å². The minimum absolute atomic E-state index is 0.108. The first kappa shape index (κ1) is 29.2. The van der Waals surface area contributed by atoms with Crippen LogP contribution in [0.25, 0.3) is 10.9 Å². The summed E-state index contributed by atoms with van der Waals surface area (Å²) in [4.78, 5) is 17.0. The zero-order valence-corrected chi connectivity index (χ0v) is 24.9. The third-order valence-electron chi connectivity index (χ3n) is 8.17. The Hall–Kier alpha value is -3.26. The summed E-state index contributed by atoms with van der Waals surface area (Å²) >= 11 is 1.25. The van der Waals surface area contributed by atoms with Gasteiger partial charge in [-0.15, -0.1) is 11.8 Å². The van der Waals surface area contributed by atoms with E-state index in [0.29, 0.717) is 33.7 Å². The summed E-state index contributed by atoms with van der Waals surface area (Å²) in [5, 5.41) is 3.47.